The van der Waals surface area contributed by atoms with Crippen molar-refractivity contribution < 1.29 is 32.6 Å². The number of para-hydroxylation sites is 1. The fourth-order valence-corrected chi connectivity index (χ4v) is 4.45. The lowest BCUT2D eigenvalue weighted by Gasteiger charge is -2.14. The third-order valence-corrected chi connectivity index (χ3v) is 6.78. The number of ether oxygens (including phenoxy) is 3. The highest BCUT2D eigenvalue weighted by Gasteiger charge is 2.16. The number of esters is 1. The highest BCUT2D eigenvalue weighted by atomic mass is 32.2. The van der Waals surface area contributed by atoms with E-state index in [-0.39, 0.29) is 10.6 Å². The Labute approximate surface area is 208 Å². The minimum absolute atomic E-state index is 0.138. The summed E-state index contributed by atoms with van der Waals surface area (Å²) in [7, 11) is 1.07. The zero-order chi connectivity index (χ0) is 25.9. The van der Waals surface area contributed by atoms with E-state index in [1.54, 1.807) is 19.3 Å². The highest BCUT2D eigenvalue weighted by Crippen LogP contribution is 2.38. The topological polar surface area (TPSA) is 116 Å². The number of aromatic nitrogens is 1. The number of nitrogens with one attached hydrogen (secondary N) is 1. The van der Waals surface area contributed by atoms with Crippen LogP contribution in [0.1, 0.15) is 5.56 Å². The van der Waals surface area contributed by atoms with E-state index in [2.05, 4.69) is 10.6 Å². The molecular formula is C26H24N2O7S. The average molecular weight is 509 g/mol. The molecule has 0 saturated carbocycles. The van der Waals surface area contributed by atoms with Crippen molar-refractivity contribution in [2.24, 2.45) is 7.05 Å². The summed E-state index contributed by atoms with van der Waals surface area (Å²) >= 11 is 0. The molecule has 4 aromatic rings. The quantitative estimate of drug-likeness (QED) is 0.159. The maximum absolute atomic E-state index is 12.4. The largest absolute Gasteiger partial charge is 0.496 e. The van der Waals surface area contributed by atoms with Crippen LogP contribution in [0, 0.1) is 0 Å². The van der Waals surface area contributed by atoms with Gasteiger partial charge in [-0.3, -0.25) is 0 Å². The number of benzene rings is 3. The Bertz CT molecular complexity index is 1560. The first-order valence-corrected chi connectivity index (χ1v) is 12.2. The van der Waals surface area contributed by atoms with Gasteiger partial charge in [0.1, 0.15) is 17.2 Å². The smallest absolute Gasteiger partial charge is 0.336 e. The first-order valence-electron chi connectivity index (χ1n) is 10.7. The zero-order valence-corrected chi connectivity index (χ0v) is 20.6. The number of fused-ring (bicyclic) bond motifs is 1. The molecule has 0 aliphatic carbocycles. The monoisotopic (exact) mass is 508 g/mol. The van der Waals surface area contributed by atoms with Gasteiger partial charge in [0.05, 0.1) is 24.8 Å². The second-order valence-corrected chi connectivity index (χ2v) is 9.42. The minimum Gasteiger partial charge on any atom is -0.496 e. The molecule has 0 radical (unpaired) electrons. The molecule has 36 heavy (non-hydrogen) atoms. The van der Waals surface area contributed by atoms with Crippen LogP contribution in [0.15, 0.2) is 77.7 Å². The van der Waals surface area contributed by atoms with Crippen LogP contribution in [0.3, 0.4) is 0 Å². The molecule has 0 aliphatic rings. The van der Waals surface area contributed by atoms with Crippen LogP contribution < -0.4 is 19.1 Å². The number of methoxy groups -OCH3 is 2. The van der Waals surface area contributed by atoms with Gasteiger partial charge in [-0.05, 0) is 48.5 Å². The predicted octanol–water partition coefficient (Wildman–Crippen LogP) is 4.15. The third kappa shape index (κ3) is 4.96. The molecule has 3 aromatic carbocycles. The lowest BCUT2D eigenvalue weighted by atomic mass is 10.0. The molecule has 0 atom stereocenters. The van der Waals surface area contributed by atoms with E-state index in [4.69, 9.17) is 19.4 Å². The maximum atomic E-state index is 12.4. The number of rotatable bonds is 8. The van der Waals surface area contributed by atoms with E-state index in [1.165, 1.54) is 42.3 Å². The Balaban J connectivity index is 1.63. The van der Waals surface area contributed by atoms with E-state index in [1.807, 2.05) is 37.4 Å². The van der Waals surface area contributed by atoms with Gasteiger partial charge in [-0.15, -0.1) is 0 Å². The Morgan fingerprint density at radius 2 is 1.67 bits per heavy atom. The highest BCUT2D eigenvalue weighted by molar-refractivity contribution is 7.89. The summed E-state index contributed by atoms with van der Waals surface area (Å²) in [4.78, 5) is 13.5. The number of nitrogens with zero attached hydrogens (tertiary/aromatic N) is 1. The summed E-state index contributed by atoms with van der Waals surface area (Å²) in [6, 6.07) is 18.7. The van der Waals surface area contributed by atoms with Crippen LogP contribution in [-0.4, -0.2) is 38.4 Å². The van der Waals surface area contributed by atoms with Gasteiger partial charge in [-0.2, -0.15) is 0 Å². The van der Waals surface area contributed by atoms with Crippen molar-refractivity contribution in [1.82, 2.24) is 9.45 Å². The molecule has 4 rings (SSSR count). The van der Waals surface area contributed by atoms with Gasteiger partial charge in [-0.25, -0.2) is 13.2 Å². The van der Waals surface area contributed by atoms with Crippen molar-refractivity contribution in [2.75, 3.05) is 14.2 Å². The molecule has 186 valence electrons. The van der Waals surface area contributed by atoms with Gasteiger partial charge >= 0.3 is 5.97 Å². The van der Waals surface area contributed by atoms with Gasteiger partial charge < -0.3 is 24.0 Å². The van der Waals surface area contributed by atoms with E-state index in [0.29, 0.717) is 17.1 Å². The van der Waals surface area contributed by atoms with E-state index >= 15 is 0 Å². The Kier molecular flexibility index (Phi) is 7.11. The summed E-state index contributed by atoms with van der Waals surface area (Å²) in [5.74, 6) is 0.587. The SMILES string of the molecule is COc1cc(OC)c(-c2cc3ccccc3n2C)cc1C=CC(=O)Oc1ccc(S(=O)(=O)NO)cc1. The molecule has 0 aliphatic heterocycles. The summed E-state index contributed by atoms with van der Waals surface area (Å²) in [6.07, 6.45) is 2.82. The molecule has 10 heteroatoms. The molecular weight excluding hydrogens is 484 g/mol. The summed E-state index contributed by atoms with van der Waals surface area (Å²) in [5, 5.41) is 9.79. The number of carbonyl (C=O) groups excluding carboxylic acids is 1. The zero-order valence-electron chi connectivity index (χ0n) is 19.8. The van der Waals surface area contributed by atoms with E-state index in [0.717, 1.165) is 22.2 Å². The molecule has 9 nitrogen and oxygen atoms in total. The van der Waals surface area contributed by atoms with Crippen LogP contribution in [-0.2, 0) is 21.9 Å². The number of sulfonamides is 1. The van der Waals surface area contributed by atoms with Crippen molar-refractivity contribution in [3.63, 3.8) is 0 Å². The van der Waals surface area contributed by atoms with Crippen LogP contribution in [0.5, 0.6) is 17.2 Å². The van der Waals surface area contributed by atoms with E-state index < -0.39 is 16.0 Å². The van der Waals surface area contributed by atoms with Crippen LogP contribution >= 0.6 is 0 Å². The average Bonchev–Trinajstić information content (AvgIpc) is 3.23. The maximum Gasteiger partial charge on any atom is 0.336 e. The number of hydrogen-bond acceptors (Lipinski definition) is 7. The number of aryl methyl sites for hydroxylation is 1. The van der Waals surface area contributed by atoms with Crippen LogP contribution in [0.25, 0.3) is 28.2 Å². The van der Waals surface area contributed by atoms with Gasteiger partial charge in [0.25, 0.3) is 10.0 Å². The second-order valence-electron chi connectivity index (χ2n) is 7.76. The third-order valence-electron chi connectivity index (χ3n) is 5.65. The van der Waals surface area contributed by atoms with Gasteiger partial charge in [0.15, 0.2) is 0 Å². The van der Waals surface area contributed by atoms with Crippen LogP contribution in [0.2, 0.25) is 0 Å². The molecule has 1 aromatic heterocycles. The Morgan fingerprint density at radius 1 is 0.972 bits per heavy atom. The summed E-state index contributed by atoms with van der Waals surface area (Å²) in [6.45, 7) is 0. The lowest BCUT2D eigenvalue weighted by molar-refractivity contribution is -0.128. The molecule has 0 amide bonds. The number of carbonyl (C=O) groups is 1. The van der Waals surface area contributed by atoms with Crippen molar-refractivity contribution in [3.05, 3.63) is 78.4 Å². The predicted molar refractivity (Wildman–Crippen MR) is 135 cm³/mol. The van der Waals surface area contributed by atoms with E-state index in [9.17, 15) is 13.2 Å². The molecule has 2 N–H and O–H groups in total. The van der Waals surface area contributed by atoms with Crippen molar-refractivity contribution in [1.29, 1.82) is 0 Å². The standard InChI is InChI=1S/C26H24N2O7S/c1-28-22-7-5-4-6-17(22)15-23(28)21-14-18(24(33-2)16-25(21)34-3)8-13-26(29)35-19-9-11-20(12-10-19)36(31,32)27-30/h4-16,27,30H,1-3H3. The normalized spacial score (nSPS) is 11.7. The minimum atomic E-state index is -4.02. The summed E-state index contributed by atoms with van der Waals surface area (Å²) in [5.41, 5.74) is 3.45. The fourth-order valence-electron chi connectivity index (χ4n) is 3.85. The van der Waals surface area contributed by atoms with Crippen LogP contribution in [0.4, 0.5) is 0 Å². The van der Waals surface area contributed by atoms with Gasteiger partial charge in [-0.1, -0.05) is 23.1 Å². The van der Waals surface area contributed by atoms with Gasteiger partial charge in [0, 0.05) is 41.2 Å². The summed E-state index contributed by atoms with van der Waals surface area (Å²) < 4.78 is 41.6. The fraction of sp³-hybridized carbons (Fsp3) is 0.115. The Hall–Kier alpha value is -4.12. The molecule has 0 saturated heterocycles. The van der Waals surface area contributed by atoms with Crippen molar-refractivity contribution >= 4 is 33.0 Å². The number of hydrogen-bond donors (Lipinski definition) is 2. The lowest BCUT2D eigenvalue weighted by Crippen LogP contribution is -2.19. The molecule has 0 unspecified atom stereocenters. The van der Waals surface area contributed by atoms with Crippen molar-refractivity contribution in [2.45, 2.75) is 4.90 Å². The first kappa shape index (κ1) is 25.0. The molecule has 0 spiro atoms. The van der Waals surface area contributed by atoms with Crippen molar-refractivity contribution in [3.8, 4) is 28.5 Å². The Morgan fingerprint density at radius 3 is 2.31 bits per heavy atom. The first-order chi connectivity index (χ1) is 17.3. The molecule has 0 fully saturated rings. The molecule has 1 heterocycles. The van der Waals surface area contributed by atoms with Gasteiger partial charge in [0.2, 0.25) is 0 Å². The second kappa shape index (κ2) is 10.2. The molecule has 0 bridgehead atoms.